The van der Waals surface area contributed by atoms with Gasteiger partial charge in [-0.2, -0.15) is 0 Å². The number of carbonyl (C=O) groups excluding carboxylic acids is 3. The second kappa shape index (κ2) is 11.9. The molecule has 0 spiro atoms. The Balaban J connectivity index is 1.57. The van der Waals surface area contributed by atoms with Crippen LogP contribution in [0.1, 0.15) is 45.4 Å². The number of ether oxygens (including phenoxy) is 2. The van der Waals surface area contributed by atoms with Crippen LogP contribution < -0.4 is 10.1 Å². The maximum Gasteiger partial charge on any atom is 0.306 e. The summed E-state index contributed by atoms with van der Waals surface area (Å²) in [5, 5.41) is 3.08. The normalized spacial score (nSPS) is 18.2. The Morgan fingerprint density at radius 3 is 2.28 bits per heavy atom. The summed E-state index contributed by atoms with van der Waals surface area (Å²) < 4.78 is 10.1. The zero-order chi connectivity index (χ0) is 22.9. The SMILES string of the molecule is CCOC(=O)CCC(=O)N1CCN(C(C(=O)Nc2ccc(OC)cc2)C2CCCC2)CC1. The molecule has 0 radical (unpaired) electrons. The van der Waals surface area contributed by atoms with Gasteiger partial charge in [-0.3, -0.25) is 19.3 Å². The lowest BCUT2D eigenvalue weighted by Crippen LogP contribution is -2.56. The minimum atomic E-state index is -0.337. The smallest absolute Gasteiger partial charge is 0.306 e. The molecule has 1 saturated carbocycles. The Kier molecular flexibility index (Phi) is 8.90. The quantitative estimate of drug-likeness (QED) is 0.588. The molecule has 8 nitrogen and oxygen atoms in total. The van der Waals surface area contributed by atoms with E-state index in [0.717, 1.165) is 37.1 Å². The van der Waals surface area contributed by atoms with Crippen molar-refractivity contribution in [3.8, 4) is 5.75 Å². The second-order valence-electron chi connectivity index (χ2n) is 8.43. The number of benzene rings is 1. The largest absolute Gasteiger partial charge is 0.497 e. The molecule has 1 aromatic rings. The summed E-state index contributed by atoms with van der Waals surface area (Å²) in [6.45, 7) is 4.53. The molecule has 1 atom stereocenters. The van der Waals surface area contributed by atoms with Crippen LogP contribution in [0, 0.1) is 5.92 Å². The lowest BCUT2D eigenvalue weighted by Gasteiger charge is -2.40. The van der Waals surface area contributed by atoms with Crippen LogP contribution in [0.2, 0.25) is 0 Å². The van der Waals surface area contributed by atoms with Crippen molar-refractivity contribution < 1.29 is 23.9 Å². The molecule has 1 heterocycles. The topological polar surface area (TPSA) is 88.2 Å². The van der Waals surface area contributed by atoms with E-state index in [1.54, 1.807) is 18.9 Å². The monoisotopic (exact) mass is 445 g/mol. The zero-order valence-corrected chi connectivity index (χ0v) is 19.2. The van der Waals surface area contributed by atoms with Gasteiger partial charge in [0.25, 0.3) is 0 Å². The molecule has 2 aliphatic rings. The molecule has 1 aromatic carbocycles. The number of hydrogen-bond acceptors (Lipinski definition) is 6. The lowest BCUT2D eigenvalue weighted by molar-refractivity contribution is -0.146. The number of methoxy groups -OCH3 is 1. The van der Waals surface area contributed by atoms with E-state index < -0.39 is 0 Å². The van der Waals surface area contributed by atoms with E-state index in [9.17, 15) is 14.4 Å². The highest BCUT2D eigenvalue weighted by Gasteiger charge is 2.37. The summed E-state index contributed by atoms with van der Waals surface area (Å²) in [6, 6.07) is 7.17. The highest BCUT2D eigenvalue weighted by molar-refractivity contribution is 5.95. The fraction of sp³-hybridized carbons (Fsp3) is 0.625. The third-order valence-electron chi connectivity index (χ3n) is 6.38. The molecular formula is C24H35N3O5. The number of esters is 1. The molecule has 0 aromatic heterocycles. The van der Waals surface area contributed by atoms with Crippen molar-refractivity contribution in [2.45, 2.75) is 51.5 Å². The zero-order valence-electron chi connectivity index (χ0n) is 19.2. The first-order valence-corrected chi connectivity index (χ1v) is 11.6. The Labute approximate surface area is 190 Å². The van der Waals surface area contributed by atoms with E-state index in [2.05, 4.69) is 10.2 Å². The molecular weight excluding hydrogens is 410 g/mol. The van der Waals surface area contributed by atoms with Crippen LogP contribution in [0.5, 0.6) is 5.75 Å². The van der Waals surface area contributed by atoms with Crippen molar-refractivity contribution in [1.82, 2.24) is 9.80 Å². The highest BCUT2D eigenvalue weighted by atomic mass is 16.5. The predicted molar refractivity (Wildman–Crippen MR) is 121 cm³/mol. The first kappa shape index (κ1) is 24.0. The fourth-order valence-electron chi connectivity index (χ4n) is 4.69. The van der Waals surface area contributed by atoms with Gasteiger partial charge in [-0.25, -0.2) is 0 Å². The standard InChI is InChI=1S/C24H35N3O5/c1-3-32-22(29)13-12-21(28)26-14-16-27(17-15-26)23(18-6-4-5-7-18)24(30)25-19-8-10-20(31-2)11-9-19/h8-11,18,23H,3-7,12-17H2,1-2H3,(H,25,30). The Hall–Kier alpha value is -2.61. The summed E-state index contributed by atoms with van der Waals surface area (Å²) in [5.41, 5.74) is 0.756. The van der Waals surface area contributed by atoms with E-state index in [1.807, 2.05) is 24.3 Å². The van der Waals surface area contributed by atoms with Crippen LogP contribution in [0.4, 0.5) is 5.69 Å². The third kappa shape index (κ3) is 6.45. The van der Waals surface area contributed by atoms with Gasteiger partial charge in [-0.05, 0) is 49.9 Å². The number of amides is 2. The first-order chi connectivity index (χ1) is 15.5. The summed E-state index contributed by atoms with van der Waals surface area (Å²) in [4.78, 5) is 41.3. The Morgan fingerprint density at radius 1 is 1.03 bits per heavy atom. The van der Waals surface area contributed by atoms with E-state index in [-0.39, 0.29) is 36.7 Å². The summed E-state index contributed by atoms with van der Waals surface area (Å²) >= 11 is 0. The van der Waals surface area contributed by atoms with Crippen molar-refractivity contribution >= 4 is 23.5 Å². The van der Waals surface area contributed by atoms with Gasteiger partial charge >= 0.3 is 5.97 Å². The summed E-state index contributed by atoms with van der Waals surface area (Å²) in [6.07, 6.45) is 4.70. The molecule has 1 N–H and O–H groups in total. The van der Waals surface area contributed by atoms with Gasteiger partial charge in [-0.15, -0.1) is 0 Å². The van der Waals surface area contributed by atoms with Crippen LogP contribution >= 0.6 is 0 Å². The average Bonchev–Trinajstić information content (AvgIpc) is 3.33. The predicted octanol–water partition coefficient (Wildman–Crippen LogP) is 2.68. The van der Waals surface area contributed by atoms with Crippen LogP contribution in [0.25, 0.3) is 0 Å². The molecule has 0 bridgehead atoms. The van der Waals surface area contributed by atoms with Gasteiger partial charge < -0.3 is 19.7 Å². The van der Waals surface area contributed by atoms with E-state index in [4.69, 9.17) is 9.47 Å². The minimum absolute atomic E-state index is 0.0177. The number of anilines is 1. The number of carbonyl (C=O) groups is 3. The molecule has 1 unspecified atom stereocenters. The lowest BCUT2D eigenvalue weighted by atomic mass is 9.94. The van der Waals surface area contributed by atoms with Gasteiger partial charge in [0.05, 0.1) is 26.2 Å². The van der Waals surface area contributed by atoms with Gasteiger partial charge in [-0.1, -0.05) is 12.8 Å². The maximum absolute atomic E-state index is 13.3. The molecule has 2 amide bonds. The van der Waals surface area contributed by atoms with E-state index in [1.165, 1.54) is 0 Å². The number of nitrogens with zero attached hydrogens (tertiary/aromatic N) is 2. The number of piperazine rings is 1. The fourth-order valence-corrected chi connectivity index (χ4v) is 4.69. The van der Waals surface area contributed by atoms with E-state index in [0.29, 0.717) is 38.7 Å². The minimum Gasteiger partial charge on any atom is -0.497 e. The highest BCUT2D eigenvalue weighted by Crippen LogP contribution is 2.32. The second-order valence-corrected chi connectivity index (χ2v) is 8.43. The molecule has 32 heavy (non-hydrogen) atoms. The van der Waals surface area contributed by atoms with Crippen molar-refractivity contribution in [2.75, 3.05) is 45.2 Å². The molecule has 2 fully saturated rings. The van der Waals surface area contributed by atoms with Crippen molar-refractivity contribution in [3.05, 3.63) is 24.3 Å². The Morgan fingerprint density at radius 2 is 1.69 bits per heavy atom. The molecule has 1 saturated heterocycles. The number of nitrogens with one attached hydrogen (secondary N) is 1. The van der Waals surface area contributed by atoms with Gasteiger partial charge in [0, 0.05) is 38.3 Å². The van der Waals surface area contributed by atoms with Crippen LogP contribution in [0.3, 0.4) is 0 Å². The number of hydrogen-bond donors (Lipinski definition) is 1. The van der Waals surface area contributed by atoms with Gasteiger partial charge in [0.1, 0.15) is 5.75 Å². The van der Waals surface area contributed by atoms with Gasteiger partial charge in [0.2, 0.25) is 11.8 Å². The summed E-state index contributed by atoms with van der Waals surface area (Å²) in [5.74, 6) is 0.733. The van der Waals surface area contributed by atoms with Crippen molar-refractivity contribution in [2.24, 2.45) is 5.92 Å². The van der Waals surface area contributed by atoms with Crippen molar-refractivity contribution in [1.29, 1.82) is 0 Å². The van der Waals surface area contributed by atoms with Crippen LogP contribution in [-0.2, 0) is 19.1 Å². The first-order valence-electron chi connectivity index (χ1n) is 11.6. The number of rotatable bonds is 9. The molecule has 1 aliphatic carbocycles. The molecule has 176 valence electrons. The third-order valence-corrected chi connectivity index (χ3v) is 6.38. The van der Waals surface area contributed by atoms with Gasteiger partial charge in [0.15, 0.2) is 0 Å². The van der Waals surface area contributed by atoms with Crippen LogP contribution in [0.15, 0.2) is 24.3 Å². The molecule has 3 rings (SSSR count). The summed E-state index contributed by atoms with van der Waals surface area (Å²) in [7, 11) is 1.62. The van der Waals surface area contributed by atoms with E-state index >= 15 is 0 Å². The average molecular weight is 446 g/mol. The maximum atomic E-state index is 13.3. The molecule has 1 aliphatic heterocycles. The van der Waals surface area contributed by atoms with Crippen molar-refractivity contribution in [3.63, 3.8) is 0 Å². The van der Waals surface area contributed by atoms with Crippen LogP contribution in [-0.4, -0.2) is 73.5 Å². The molecule has 8 heteroatoms. The Bertz CT molecular complexity index is 768.